The summed E-state index contributed by atoms with van der Waals surface area (Å²) in [6, 6.07) is 0. The van der Waals surface area contributed by atoms with Gasteiger partial charge in [0.15, 0.2) is 0 Å². The number of hydrogen-bond donors (Lipinski definition) is 1. The number of hydrogen-bond acceptors (Lipinski definition) is 3. The normalized spacial score (nSPS) is 11.4. The van der Waals surface area contributed by atoms with E-state index in [0.717, 1.165) is 38.7 Å². The second-order valence-electron chi connectivity index (χ2n) is 5.84. The topological polar surface area (TPSA) is 47.6 Å². The van der Waals surface area contributed by atoms with Crippen LogP contribution < -0.4 is 5.32 Å². The van der Waals surface area contributed by atoms with Crippen molar-refractivity contribution in [3.05, 3.63) is 0 Å². The lowest BCUT2D eigenvalue weighted by atomic mass is 10.1. The van der Waals surface area contributed by atoms with Gasteiger partial charge in [0, 0.05) is 19.6 Å². The standard InChI is InChI=1S/C16H33NO3/c1-5-7-9-12-17-15(18)19-14-11-16(3,4)20-13-10-8-6-2/h5-14H2,1-4H3,(H,17,18). The van der Waals surface area contributed by atoms with Crippen LogP contribution in [0.25, 0.3) is 0 Å². The molecule has 120 valence electrons. The highest BCUT2D eigenvalue weighted by molar-refractivity contribution is 5.66. The van der Waals surface area contributed by atoms with Gasteiger partial charge in [-0.2, -0.15) is 0 Å². The Morgan fingerprint density at radius 3 is 2.30 bits per heavy atom. The maximum atomic E-state index is 11.4. The van der Waals surface area contributed by atoms with Crippen LogP contribution in [0.1, 0.15) is 72.6 Å². The highest BCUT2D eigenvalue weighted by Gasteiger charge is 2.18. The molecule has 0 bridgehead atoms. The minimum Gasteiger partial charge on any atom is -0.449 e. The van der Waals surface area contributed by atoms with Crippen LogP contribution in [0.2, 0.25) is 0 Å². The van der Waals surface area contributed by atoms with E-state index >= 15 is 0 Å². The van der Waals surface area contributed by atoms with Gasteiger partial charge in [-0.1, -0.05) is 39.5 Å². The Morgan fingerprint density at radius 2 is 1.65 bits per heavy atom. The van der Waals surface area contributed by atoms with Crippen molar-refractivity contribution in [3.63, 3.8) is 0 Å². The first kappa shape index (κ1) is 19.2. The fourth-order valence-electron chi connectivity index (χ4n) is 1.78. The fraction of sp³-hybridized carbons (Fsp3) is 0.938. The molecule has 0 saturated heterocycles. The lowest BCUT2D eigenvalue weighted by Crippen LogP contribution is -2.30. The van der Waals surface area contributed by atoms with Gasteiger partial charge in [0.05, 0.1) is 12.2 Å². The van der Waals surface area contributed by atoms with Crippen LogP contribution in [0.5, 0.6) is 0 Å². The maximum absolute atomic E-state index is 11.4. The Balaban J connectivity index is 3.57. The van der Waals surface area contributed by atoms with Crippen LogP contribution in [0.3, 0.4) is 0 Å². The van der Waals surface area contributed by atoms with Crippen molar-refractivity contribution in [2.45, 2.75) is 78.2 Å². The molecule has 0 radical (unpaired) electrons. The molecule has 0 spiro atoms. The molecule has 20 heavy (non-hydrogen) atoms. The molecule has 0 unspecified atom stereocenters. The van der Waals surface area contributed by atoms with Crippen LogP contribution in [0.15, 0.2) is 0 Å². The molecule has 1 amide bonds. The smallest absolute Gasteiger partial charge is 0.407 e. The molecule has 0 aliphatic heterocycles. The Hall–Kier alpha value is -0.770. The third kappa shape index (κ3) is 12.3. The number of alkyl carbamates (subject to hydrolysis) is 1. The zero-order valence-electron chi connectivity index (χ0n) is 13.8. The molecule has 0 rings (SSSR count). The molecule has 0 aliphatic rings. The van der Waals surface area contributed by atoms with Crippen LogP contribution in [0, 0.1) is 0 Å². The second-order valence-corrected chi connectivity index (χ2v) is 5.84. The molecule has 0 aromatic heterocycles. The molecule has 0 saturated carbocycles. The minimum atomic E-state index is -0.317. The molecule has 0 aliphatic carbocycles. The van der Waals surface area contributed by atoms with Crippen molar-refractivity contribution in [2.75, 3.05) is 19.8 Å². The largest absolute Gasteiger partial charge is 0.449 e. The number of nitrogens with one attached hydrogen (secondary N) is 1. The summed E-state index contributed by atoms with van der Waals surface area (Å²) in [5.74, 6) is 0. The maximum Gasteiger partial charge on any atom is 0.407 e. The van der Waals surface area contributed by atoms with Crippen molar-refractivity contribution >= 4 is 6.09 Å². The van der Waals surface area contributed by atoms with Gasteiger partial charge in [-0.25, -0.2) is 4.79 Å². The zero-order valence-corrected chi connectivity index (χ0v) is 13.8. The lowest BCUT2D eigenvalue weighted by molar-refractivity contribution is -0.0352. The summed E-state index contributed by atoms with van der Waals surface area (Å²) < 4.78 is 11.0. The SMILES string of the molecule is CCCCCNC(=O)OCCC(C)(C)OCCCCC. The number of rotatable bonds is 12. The van der Waals surface area contributed by atoms with Crippen LogP contribution in [-0.2, 0) is 9.47 Å². The van der Waals surface area contributed by atoms with Crippen molar-refractivity contribution < 1.29 is 14.3 Å². The average Bonchev–Trinajstić information content (AvgIpc) is 2.40. The summed E-state index contributed by atoms with van der Waals surface area (Å²) in [6.07, 6.45) is 7.21. The van der Waals surface area contributed by atoms with Gasteiger partial charge in [0.2, 0.25) is 0 Å². The first-order chi connectivity index (χ1) is 9.52. The van der Waals surface area contributed by atoms with Crippen molar-refractivity contribution in [1.29, 1.82) is 0 Å². The van der Waals surface area contributed by atoms with Crippen molar-refractivity contribution in [2.24, 2.45) is 0 Å². The molecule has 0 aromatic rings. The van der Waals surface area contributed by atoms with Gasteiger partial charge in [-0.05, 0) is 26.7 Å². The monoisotopic (exact) mass is 287 g/mol. The number of unbranched alkanes of at least 4 members (excludes halogenated alkanes) is 4. The summed E-state index contributed by atoms with van der Waals surface area (Å²) in [7, 11) is 0. The van der Waals surface area contributed by atoms with Gasteiger partial charge in [0.25, 0.3) is 0 Å². The highest BCUT2D eigenvalue weighted by Crippen LogP contribution is 2.15. The van der Waals surface area contributed by atoms with Crippen LogP contribution in [0.4, 0.5) is 4.79 Å². The summed E-state index contributed by atoms with van der Waals surface area (Å²) >= 11 is 0. The summed E-state index contributed by atoms with van der Waals surface area (Å²) in [4.78, 5) is 11.4. The molecule has 0 aromatic carbocycles. The molecule has 0 heterocycles. The average molecular weight is 287 g/mol. The quantitative estimate of drug-likeness (QED) is 0.545. The van der Waals surface area contributed by atoms with Gasteiger partial charge in [0.1, 0.15) is 0 Å². The van der Waals surface area contributed by atoms with Crippen LogP contribution >= 0.6 is 0 Å². The van der Waals surface area contributed by atoms with E-state index in [0.29, 0.717) is 13.2 Å². The summed E-state index contributed by atoms with van der Waals surface area (Å²) in [5, 5.41) is 2.76. The van der Waals surface area contributed by atoms with E-state index in [4.69, 9.17) is 9.47 Å². The molecular formula is C16H33NO3. The number of carbonyl (C=O) groups is 1. The Morgan fingerprint density at radius 1 is 1.00 bits per heavy atom. The Labute approximate surface area is 124 Å². The van der Waals surface area contributed by atoms with Crippen molar-refractivity contribution in [1.82, 2.24) is 5.32 Å². The molecular weight excluding hydrogens is 254 g/mol. The zero-order chi connectivity index (χ0) is 15.3. The van der Waals surface area contributed by atoms with Gasteiger partial charge in [-0.3, -0.25) is 0 Å². The third-order valence-electron chi connectivity index (χ3n) is 3.23. The summed E-state index contributed by atoms with van der Waals surface area (Å²) in [5.41, 5.74) is -0.226. The lowest BCUT2D eigenvalue weighted by Gasteiger charge is -2.25. The van der Waals surface area contributed by atoms with E-state index in [2.05, 4.69) is 19.2 Å². The predicted molar refractivity (Wildman–Crippen MR) is 83.0 cm³/mol. The fourth-order valence-corrected chi connectivity index (χ4v) is 1.78. The van der Waals surface area contributed by atoms with E-state index in [1.54, 1.807) is 0 Å². The van der Waals surface area contributed by atoms with E-state index in [9.17, 15) is 4.79 Å². The Kier molecular flexibility index (Phi) is 11.5. The molecule has 0 atom stereocenters. The number of ether oxygens (including phenoxy) is 2. The minimum absolute atomic E-state index is 0.226. The van der Waals surface area contributed by atoms with Gasteiger partial charge >= 0.3 is 6.09 Å². The first-order valence-electron chi connectivity index (χ1n) is 8.06. The second kappa shape index (κ2) is 12.0. The molecule has 1 N–H and O–H groups in total. The molecule has 4 heteroatoms. The van der Waals surface area contributed by atoms with Gasteiger partial charge < -0.3 is 14.8 Å². The van der Waals surface area contributed by atoms with E-state index < -0.39 is 0 Å². The molecule has 0 fully saturated rings. The highest BCUT2D eigenvalue weighted by atomic mass is 16.6. The Bertz CT molecular complexity index is 242. The summed E-state index contributed by atoms with van der Waals surface area (Å²) in [6.45, 7) is 10.3. The molecule has 4 nitrogen and oxygen atoms in total. The van der Waals surface area contributed by atoms with Crippen LogP contribution in [-0.4, -0.2) is 31.5 Å². The van der Waals surface area contributed by atoms with E-state index in [-0.39, 0.29) is 11.7 Å². The first-order valence-corrected chi connectivity index (χ1v) is 8.06. The van der Waals surface area contributed by atoms with E-state index in [1.165, 1.54) is 12.8 Å². The third-order valence-corrected chi connectivity index (χ3v) is 3.23. The van der Waals surface area contributed by atoms with Crippen molar-refractivity contribution in [3.8, 4) is 0 Å². The number of carbonyl (C=O) groups excluding carboxylic acids is 1. The number of amides is 1. The van der Waals surface area contributed by atoms with E-state index in [1.807, 2.05) is 13.8 Å². The predicted octanol–water partition coefficient (Wildman–Crippen LogP) is 4.28. The van der Waals surface area contributed by atoms with Gasteiger partial charge in [-0.15, -0.1) is 0 Å².